The third-order valence-corrected chi connectivity index (χ3v) is 2.25. The second-order valence-electron chi connectivity index (χ2n) is 3.30. The molecule has 0 amide bonds. The van der Waals surface area contributed by atoms with E-state index in [-0.39, 0.29) is 11.7 Å². The molecule has 2 N–H and O–H groups in total. The summed E-state index contributed by atoms with van der Waals surface area (Å²) in [6, 6.07) is 3.90. The number of nitrogens with two attached hydrogens (primary N) is 1. The van der Waals surface area contributed by atoms with Gasteiger partial charge < -0.3 is 15.2 Å². The maximum Gasteiger partial charge on any atom is 0.187 e. The molecule has 15 heavy (non-hydrogen) atoms. The molecule has 1 heterocycles. The van der Waals surface area contributed by atoms with Crippen LogP contribution < -0.4 is 5.73 Å². The summed E-state index contributed by atoms with van der Waals surface area (Å²) < 4.78 is 36.7. The highest BCUT2D eigenvalue weighted by atomic mass is 19.2. The van der Waals surface area contributed by atoms with Crippen LogP contribution in [0.3, 0.4) is 0 Å². The molecule has 5 heteroatoms. The van der Waals surface area contributed by atoms with Crippen LogP contribution in [0.25, 0.3) is 0 Å². The fraction of sp³-hybridized carbons (Fsp3) is 0.400. The van der Waals surface area contributed by atoms with Crippen LogP contribution in [0.4, 0.5) is 8.78 Å². The number of halogens is 2. The van der Waals surface area contributed by atoms with Crippen molar-refractivity contribution in [3.8, 4) is 0 Å². The molecule has 0 radical (unpaired) electrons. The Hall–Kier alpha value is -1.04. The first kappa shape index (κ1) is 10.5. The van der Waals surface area contributed by atoms with Crippen LogP contribution in [0.5, 0.6) is 0 Å². The van der Waals surface area contributed by atoms with Gasteiger partial charge in [0.25, 0.3) is 0 Å². The van der Waals surface area contributed by atoms with Gasteiger partial charge in [-0.15, -0.1) is 0 Å². The molecule has 0 aromatic heterocycles. The highest BCUT2D eigenvalue weighted by Crippen LogP contribution is 2.29. The van der Waals surface area contributed by atoms with Gasteiger partial charge in [-0.1, -0.05) is 12.1 Å². The summed E-state index contributed by atoms with van der Waals surface area (Å²) in [7, 11) is 0. The summed E-state index contributed by atoms with van der Waals surface area (Å²) >= 11 is 0. The number of rotatable bonds is 2. The Bertz CT molecular complexity index is 359. The Labute approximate surface area is 85.8 Å². The minimum atomic E-state index is -0.930. The Morgan fingerprint density at radius 2 is 2.20 bits per heavy atom. The molecule has 2 unspecified atom stereocenters. The van der Waals surface area contributed by atoms with Crippen molar-refractivity contribution in [3.63, 3.8) is 0 Å². The van der Waals surface area contributed by atoms with Gasteiger partial charge >= 0.3 is 0 Å². The first-order valence-corrected chi connectivity index (χ1v) is 4.63. The van der Waals surface area contributed by atoms with E-state index in [1.54, 1.807) is 0 Å². The molecule has 0 bridgehead atoms. The standard InChI is InChI=1S/C10H11F2NO2/c11-8-3-1-2-7(9(8)12)10-14-5-6(4-13)15-10/h1-3,6,10H,4-5,13H2. The highest BCUT2D eigenvalue weighted by Gasteiger charge is 2.29. The Kier molecular flexibility index (Phi) is 2.95. The van der Waals surface area contributed by atoms with Gasteiger partial charge in [-0.25, -0.2) is 8.78 Å². The van der Waals surface area contributed by atoms with Crippen LogP contribution in [-0.2, 0) is 9.47 Å². The first-order valence-electron chi connectivity index (χ1n) is 4.63. The summed E-state index contributed by atoms with van der Waals surface area (Å²) in [5, 5.41) is 0. The second-order valence-corrected chi connectivity index (χ2v) is 3.30. The van der Waals surface area contributed by atoms with Gasteiger partial charge in [0, 0.05) is 12.1 Å². The molecule has 1 aliphatic heterocycles. The molecular formula is C10H11F2NO2. The third kappa shape index (κ3) is 1.99. The molecular weight excluding hydrogens is 204 g/mol. The zero-order valence-electron chi connectivity index (χ0n) is 7.95. The molecule has 0 aliphatic carbocycles. The van der Waals surface area contributed by atoms with Crippen molar-refractivity contribution in [1.29, 1.82) is 0 Å². The van der Waals surface area contributed by atoms with Gasteiger partial charge in [0.05, 0.1) is 12.7 Å². The molecule has 0 spiro atoms. The van der Waals surface area contributed by atoms with Crippen molar-refractivity contribution >= 4 is 0 Å². The van der Waals surface area contributed by atoms with Crippen LogP contribution >= 0.6 is 0 Å². The lowest BCUT2D eigenvalue weighted by Crippen LogP contribution is -2.21. The van der Waals surface area contributed by atoms with E-state index in [4.69, 9.17) is 15.2 Å². The summed E-state index contributed by atoms with van der Waals surface area (Å²) in [6.07, 6.45) is -1.10. The number of benzene rings is 1. The van der Waals surface area contributed by atoms with Crippen molar-refractivity contribution in [3.05, 3.63) is 35.4 Å². The summed E-state index contributed by atoms with van der Waals surface area (Å²) in [5.41, 5.74) is 5.44. The van der Waals surface area contributed by atoms with Crippen molar-refractivity contribution in [1.82, 2.24) is 0 Å². The largest absolute Gasteiger partial charge is 0.346 e. The Balaban J connectivity index is 2.20. The summed E-state index contributed by atoms with van der Waals surface area (Å²) in [5.74, 6) is -1.84. The molecule has 1 aliphatic rings. The average Bonchev–Trinajstić information content (AvgIpc) is 2.70. The average molecular weight is 215 g/mol. The van der Waals surface area contributed by atoms with E-state index < -0.39 is 17.9 Å². The Morgan fingerprint density at radius 3 is 2.87 bits per heavy atom. The van der Waals surface area contributed by atoms with Crippen molar-refractivity contribution in [2.24, 2.45) is 5.73 Å². The van der Waals surface area contributed by atoms with Gasteiger partial charge in [-0.3, -0.25) is 0 Å². The quantitative estimate of drug-likeness (QED) is 0.809. The summed E-state index contributed by atoms with van der Waals surface area (Å²) in [4.78, 5) is 0. The van der Waals surface area contributed by atoms with Gasteiger partial charge in [-0.05, 0) is 6.07 Å². The molecule has 1 saturated heterocycles. The van der Waals surface area contributed by atoms with Gasteiger partial charge in [0.2, 0.25) is 0 Å². The van der Waals surface area contributed by atoms with Gasteiger partial charge in [-0.2, -0.15) is 0 Å². The van der Waals surface area contributed by atoms with E-state index in [1.165, 1.54) is 12.1 Å². The Morgan fingerprint density at radius 1 is 1.40 bits per heavy atom. The lowest BCUT2D eigenvalue weighted by atomic mass is 10.2. The highest BCUT2D eigenvalue weighted by molar-refractivity contribution is 5.20. The van der Waals surface area contributed by atoms with E-state index in [9.17, 15) is 8.78 Å². The molecule has 82 valence electrons. The van der Waals surface area contributed by atoms with E-state index in [2.05, 4.69) is 0 Å². The number of hydrogen-bond acceptors (Lipinski definition) is 3. The van der Waals surface area contributed by atoms with Gasteiger partial charge in [0.15, 0.2) is 17.9 Å². The van der Waals surface area contributed by atoms with E-state index in [0.717, 1.165) is 6.07 Å². The van der Waals surface area contributed by atoms with Crippen LogP contribution in [0, 0.1) is 11.6 Å². The second kappa shape index (κ2) is 4.22. The van der Waals surface area contributed by atoms with E-state index >= 15 is 0 Å². The van der Waals surface area contributed by atoms with Crippen molar-refractivity contribution < 1.29 is 18.3 Å². The lowest BCUT2D eigenvalue weighted by Gasteiger charge is -2.11. The molecule has 2 atom stereocenters. The minimum Gasteiger partial charge on any atom is -0.346 e. The first-order chi connectivity index (χ1) is 7.22. The fourth-order valence-electron chi connectivity index (χ4n) is 1.44. The third-order valence-electron chi connectivity index (χ3n) is 2.25. The smallest absolute Gasteiger partial charge is 0.187 e. The fourth-order valence-corrected chi connectivity index (χ4v) is 1.44. The van der Waals surface area contributed by atoms with Crippen LogP contribution in [-0.4, -0.2) is 19.3 Å². The van der Waals surface area contributed by atoms with Crippen LogP contribution in [0.2, 0.25) is 0 Å². The van der Waals surface area contributed by atoms with Crippen LogP contribution in [0.1, 0.15) is 11.9 Å². The van der Waals surface area contributed by atoms with Crippen molar-refractivity contribution in [2.45, 2.75) is 12.4 Å². The topological polar surface area (TPSA) is 44.5 Å². The molecule has 3 nitrogen and oxygen atoms in total. The number of ether oxygens (including phenoxy) is 2. The van der Waals surface area contributed by atoms with Crippen molar-refractivity contribution in [2.75, 3.05) is 13.2 Å². The maximum absolute atomic E-state index is 13.3. The normalized spacial score (nSPS) is 25.8. The summed E-state index contributed by atoms with van der Waals surface area (Å²) in [6.45, 7) is 0.602. The molecule has 1 aromatic carbocycles. The van der Waals surface area contributed by atoms with E-state index in [1.807, 2.05) is 0 Å². The zero-order valence-corrected chi connectivity index (χ0v) is 7.95. The lowest BCUT2D eigenvalue weighted by molar-refractivity contribution is -0.0610. The minimum absolute atomic E-state index is 0.0750. The predicted octanol–water partition coefficient (Wildman–Crippen LogP) is 1.34. The van der Waals surface area contributed by atoms with Gasteiger partial charge in [0.1, 0.15) is 0 Å². The molecule has 0 saturated carbocycles. The molecule has 1 fully saturated rings. The maximum atomic E-state index is 13.3. The molecule has 2 rings (SSSR count). The van der Waals surface area contributed by atoms with Crippen LogP contribution in [0.15, 0.2) is 18.2 Å². The molecule has 1 aromatic rings. The number of hydrogen-bond donors (Lipinski definition) is 1. The van der Waals surface area contributed by atoms with E-state index in [0.29, 0.717) is 13.2 Å². The predicted molar refractivity (Wildman–Crippen MR) is 49.0 cm³/mol. The monoisotopic (exact) mass is 215 g/mol. The SMILES string of the molecule is NCC1COC(c2cccc(F)c2F)O1. The zero-order chi connectivity index (χ0) is 10.8.